The third-order valence-electron chi connectivity index (χ3n) is 0.480. The molecule has 0 radical (unpaired) electrons. The van der Waals surface area contributed by atoms with E-state index in [9.17, 15) is 4.79 Å². The molecule has 2 nitrogen and oxygen atoms in total. The van der Waals surface area contributed by atoms with Gasteiger partial charge in [-0.05, 0) is 22.2 Å². The summed E-state index contributed by atoms with van der Waals surface area (Å²) in [7, 11) is 0.277. The predicted octanol–water partition coefficient (Wildman–Crippen LogP) is 2.03. The van der Waals surface area contributed by atoms with Crippen molar-refractivity contribution in [3.63, 3.8) is 0 Å². The third kappa shape index (κ3) is 6.38. The Morgan fingerprint density at radius 3 is 2.38 bits per heavy atom. The van der Waals surface area contributed by atoms with Gasteiger partial charge < -0.3 is 4.74 Å². The van der Waals surface area contributed by atoms with Crippen LogP contribution < -0.4 is 0 Å². The Bertz CT molecular complexity index is 67.1. The van der Waals surface area contributed by atoms with Crippen molar-refractivity contribution >= 4 is 31.3 Å². The first-order valence-electron chi connectivity index (χ1n) is 2.15. The molecule has 0 spiro atoms. The normalized spacial score (nSPS) is 8.75. The molecule has 0 aromatic carbocycles. The van der Waals surface area contributed by atoms with Crippen molar-refractivity contribution < 1.29 is 9.53 Å². The second-order valence-corrected chi connectivity index (χ2v) is 1.88. The Morgan fingerprint density at radius 1 is 1.75 bits per heavy atom. The highest BCUT2D eigenvalue weighted by atomic mass is 79.9. The zero-order valence-electron chi connectivity index (χ0n) is 4.93. The molecular formula is C4H10BrO2P. The third-order valence-corrected chi connectivity index (χ3v) is 1.03. The fourth-order valence-corrected chi connectivity index (χ4v) is 0.492. The standard InChI is InChI=1S/C4H9O2P.BrH/c1-3-6-4(5)7-2;/h7H,3H2,1-2H3;1H. The average molecular weight is 201 g/mol. The van der Waals surface area contributed by atoms with E-state index in [0.717, 1.165) is 0 Å². The van der Waals surface area contributed by atoms with E-state index in [1.165, 1.54) is 0 Å². The molecule has 8 heavy (non-hydrogen) atoms. The van der Waals surface area contributed by atoms with Crippen LogP contribution in [0.1, 0.15) is 6.92 Å². The van der Waals surface area contributed by atoms with E-state index in [4.69, 9.17) is 0 Å². The Hall–Kier alpha value is 0.380. The van der Waals surface area contributed by atoms with Crippen molar-refractivity contribution in [1.82, 2.24) is 0 Å². The summed E-state index contributed by atoms with van der Waals surface area (Å²) < 4.78 is 4.56. The van der Waals surface area contributed by atoms with Crippen LogP contribution in [-0.2, 0) is 4.74 Å². The van der Waals surface area contributed by atoms with Crippen molar-refractivity contribution in [2.24, 2.45) is 0 Å². The lowest BCUT2D eigenvalue weighted by Gasteiger charge is -1.93. The SMILES string of the molecule is Br.CCOC(=O)PC. The largest absolute Gasteiger partial charge is 0.463 e. The van der Waals surface area contributed by atoms with Gasteiger partial charge in [-0.15, -0.1) is 17.0 Å². The summed E-state index contributed by atoms with van der Waals surface area (Å²) in [5.41, 5.74) is -0.0949. The summed E-state index contributed by atoms with van der Waals surface area (Å²) in [6.07, 6.45) is 0. The molecule has 0 saturated heterocycles. The van der Waals surface area contributed by atoms with Gasteiger partial charge in [0.25, 0.3) is 0 Å². The molecule has 0 bridgehead atoms. The van der Waals surface area contributed by atoms with Crippen molar-refractivity contribution in [3.8, 4) is 0 Å². The van der Waals surface area contributed by atoms with Crippen LogP contribution in [0.2, 0.25) is 0 Å². The lowest BCUT2D eigenvalue weighted by atomic mass is 10.9. The fourth-order valence-electron chi connectivity index (χ4n) is 0.203. The number of carbonyl (C=O) groups is 1. The van der Waals surface area contributed by atoms with Crippen molar-refractivity contribution in [2.45, 2.75) is 6.92 Å². The van der Waals surface area contributed by atoms with Gasteiger partial charge in [0.2, 0.25) is 0 Å². The first kappa shape index (κ1) is 11.2. The van der Waals surface area contributed by atoms with Gasteiger partial charge in [0.05, 0.1) is 6.61 Å². The number of carbonyl (C=O) groups excluding carboxylic acids is 1. The van der Waals surface area contributed by atoms with Crippen molar-refractivity contribution in [2.75, 3.05) is 13.3 Å². The Kier molecular flexibility index (Phi) is 10.3. The molecule has 1 atom stereocenters. The smallest absolute Gasteiger partial charge is 0.322 e. The summed E-state index contributed by atoms with van der Waals surface area (Å²) in [5.74, 6) is 0. The Labute approximate surface area is 61.5 Å². The van der Waals surface area contributed by atoms with E-state index in [1.807, 2.05) is 0 Å². The van der Waals surface area contributed by atoms with Crippen molar-refractivity contribution in [1.29, 1.82) is 0 Å². The maximum atomic E-state index is 10.2. The van der Waals surface area contributed by atoms with E-state index in [2.05, 4.69) is 4.74 Å². The van der Waals surface area contributed by atoms with Crippen LogP contribution in [0, 0.1) is 0 Å². The molecule has 0 aliphatic heterocycles. The first-order valence-corrected chi connectivity index (χ1v) is 3.65. The van der Waals surface area contributed by atoms with Crippen LogP contribution in [0.5, 0.6) is 0 Å². The molecule has 0 aliphatic rings. The molecule has 0 aromatic rings. The highest BCUT2D eigenvalue weighted by Crippen LogP contribution is 2.05. The van der Waals surface area contributed by atoms with Gasteiger partial charge in [0, 0.05) is 0 Å². The van der Waals surface area contributed by atoms with E-state index >= 15 is 0 Å². The molecule has 0 saturated carbocycles. The summed E-state index contributed by atoms with van der Waals surface area (Å²) in [6, 6.07) is 0. The second kappa shape index (κ2) is 7.38. The molecule has 0 amide bonds. The van der Waals surface area contributed by atoms with Crippen LogP contribution >= 0.6 is 25.6 Å². The number of halogens is 1. The molecule has 50 valence electrons. The molecule has 0 N–H and O–H groups in total. The minimum atomic E-state index is -0.0949. The van der Waals surface area contributed by atoms with Gasteiger partial charge in [-0.3, -0.25) is 0 Å². The van der Waals surface area contributed by atoms with Gasteiger partial charge in [-0.25, -0.2) is 4.79 Å². The van der Waals surface area contributed by atoms with Crippen LogP contribution in [0.15, 0.2) is 0 Å². The lowest BCUT2D eigenvalue weighted by Crippen LogP contribution is -1.91. The quantitative estimate of drug-likeness (QED) is 0.639. The lowest BCUT2D eigenvalue weighted by molar-refractivity contribution is 0.181. The van der Waals surface area contributed by atoms with Gasteiger partial charge in [0.15, 0.2) is 0 Å². The second-order valence-electron chi connectivity index (χ2n) is 0.970. The minimum Gasteiger partial charge on any atom is -0.463 e. The maximum absolute atomic E-state index is 10.2. The van der Waals surface area contributed by atoms with Crippen molar-refractivity contribution in [3.05, 3.63) is 0 Å². The molecule has 0 rings (SSSR count). The van der Waals surface area contributed by atoms with Crippen LogP contribution in [0.25, 0.3) is 0 Å². The predicted molar refractivity (Wildman–Crippen MR) is 41.6 cm³/mol. The highest BCUT2D eigenvalue weighted by Gasteiger charge is 1.90. The monoisotopic (exact) mass is 200 g/mol. The number of hydrogen-bond donors (Lipinski definition) is 0. The molecule has 0 fully saturated rings. The summed E-state index contributed by atoms with van der Waals surface area (Å²) in [5, 5.41) is 0. The number of rotatable bonds is 2. The Balaban J connectivity index is 0. The highest BCUT2D eigenvalue weighted by molar-refractivity contribution is 8.93. The Morgan fingerprint density at radius 2 is 2.25 bits per heavy atom. The van der Waals surface area contributed by atoms with E-state index in [1.54, 1.807) is 13.6 Å². The first-order chi connectivity index (χ1) is 3.31. The van der Waals surface area contributed by atoms with Gasteiger partial charge >= 0.3 is 5.71 Å². The summed E-state index contributed by atoms with van der Waals surface area (Å²) in [4.78, 5) is 10.2. The topological polar surface area (TPSA) is 26.3 Å². The maximum Gasteiger partial charge on any atom is 0.322 e. The van der Waals surface area contributed by atoms with Gasteiger partial charge in [-0.1, -0.05) is 0 Å². The van der Waals surface area contributed by atoms with Crippen LogP contribution in [-0.4, -0.2) is 19.0 Å². The van der Waals surface area contributed by atoms with Crippen LogP contribution in [0.3, 0.4) is 0 Å². The summed E-state index contributed by atoms with van der Waals surface area (Å²) >= 11 is 0. The molecule has 4 heteroatoms. The minimum absolute atomic E-state index is 0. The van der Waals surface area contributed by atoms with Crippen LogP contribution in [0.4, 0.5) is 4.79 Å². The molecule has 1 unspecified atom stereocenters. The zero-order chi connectivity index (χ0) is 5.70. The molecular weight excluding hydrogens is 191 g/mol. The summed E-state index contributed by atoms with van der Waals surface area (Å²) in [6.45, 7) is 4.11. The van der Waals surface area contributed by atoms with E-state index < -0.39 is 0 Å². The number of ether oxygens (including phenoxy) is 1. The van der Waals surface area contributed by atoms with E-state index in [0.29, 0.717) is 6.61 Å². The van der Waals surface area contributed by atoms with Gasteiger partial charge in [0.1, 0.15) is 0 Å². The van der Waals surface area contributed by atoms with Gasteiger partial charge in [-0.2, -0.15) is 0 Å². The fraction of sp³-hybridized carbons (Fsp3) is 0.750. The molecule has 0 heterocycles. The average Bonchev–Trinajstić information content (AvgIpc) is 1.68. The van der Waals surface area contributed by atoms with E-state index in [-0.39, 0.29) is 31.3 Å². The molecule has 0 aliphatic carbocycles. The number of hydrogen-bond acceptors (Lipinski definition) is 2. The zero-order valence-corrected chi connectivity index (χ0v) is 7.64. The molecule has 0 aromatic heterocycles.